The molecule has 0 aliphatic heterocycles. The van der Waals surface area contributed by atoms with Crippen LogP contribution >= 0.6 is 0 Å². The molecule has 0 aliphatic rings. The maximum absolute atomic E-state index is 8.94. The summed E-state index contributed by atoms with van der Waals surface area (Å²) >= 11 is 0. The molecular weight excluding hydrogens is 196 g/mol. The number of aromatic nitrogens is 4. The second-order valence-electron chi connectivity index (χ2n) is 3.10. The van der Waals surface area contributed by atoms with Gasteiger partial charge in [0.2, 0.25) is 6.21 Å². The van der Waals surface area contributed by atoms with Crippen LogP contribution in [0.3, 0.4) is 0 Å². The van der Waals surface area contributed by atoms with Crippen molar-refractivity contribution in [2.75, 3.05) is 7.05 Å². The van der Waals surface area contributed by atoms with Gasteiger partial charge in [-0.2, -0.15) is 0 Å². The predicted molar refractivity (Wildman–Crippen MR) is 51.8 cm³/mol. The standard InChI is InChI=1S/C8H11N6O/c1-13(15)2-3-14-5-12-8-6(7(14)9)10-4-11-8/h2,4-5,9,15H,3H2,1H3,(H,10,11)/q+1. The monoisotopic (exact) mass is 207 g/mol. The first kappa shape index (κ1) is 9.38. The molecule has 0 saturated heterocycles. The number of H-pyrrole nitrogens is 1. The maximum atomic E-state index is 8.94. The van der Waals surface area contributed by atoms with E-state index in [-0.39, 0.29) is 5.49 Å². The van der Waals surface area contributed by atoms with Crippen molar-refractivity contribution in [1.82, 2.24) is 19.5 Å². The zero-order valence-corrected chi connectivity index (χ0v) is 8.18. The van der Waals surface area contributed by atoms with Crippen molar-refractivity contribution in [3.63, 3.8) is 0 Å². The number of nitrogens with zero attached hydrogens (tertiary/aromatic N) is 4. The van der Waals surface area contributed by atoms with E-state index in [1.807, 2.05) is 0 Å². The van der Waals surface area contributed by atoms with E-state index in [9.17, 15) is 0 Å². The third-order valence-electron chi connectivity index (χ3n) is 2.01. The highest BCUT2D eigenvalue weighted by Gasteiger charge is 2.02. The van der Waals surface area contributed by atoms with Crippen LogP contribution in [0.15, 0.2) is 12.7 Å². The van der Waals surface area contributed by atoms with E-state index in [1.165, 1.54) is 25.9 Å². The van der Waals surface area contributed by atoms with Gasteiger partial charge < -0.3 is 9.55 Å². The summed E-state index contributed by atoms with van der Waals surface area (Å²) in [6.45, 7) is 0.383. The SMILES string of the molecule is C[N+](O)=CCn1cnc2nc[nH]c2c1=N. The van der Waals surface area contributed by atoms with Crippen LogP contribution in [-0.4, -0.2) is 42.7 Å². The fraction of sp³-hybridized carbons (Fsp3) is 0.250. The van der Waals surface area contributed by atoms with Gasteiger partial charge in [-0.05, 0) is 4.74 Å². The second kappa shape index (κ2) is 3.52. The third kappa shape index (κ3) is 1.71. The first-order chi connectivity index (χ1) is 7.18. The Balaban J connectivity index is 2.49. The Morgan fingerprint density at radius 3 is 3.20 bits per heavy atom. The summed E-state index contributed by atoms with van der Waals surface area (Å²) in [6, 6.07) is 0. The van der Waals surface area contributed by atoms with Crippen LogP contribution in [0.2, 0.25) is 0 Å². The van der Waals surface area contributed by atoms with Crippen molar-refractivity contribution in [3.8, 4) is 0 Å². The Kier molecular flexibility index (Phi) is 2.20. The van der Waals surface area contributed by atoms with Crippen molar-refractivity contribution >= 4 is 17.4 Å². The van der Waals surface area contributed by atoms with E-state index in [1.54, 1.807) is 4.57 Å². The predicted octanol–water partition coefficient (Wildman–Crippen LogP) is -0.659. The molecule has 7 nitrogen and oxygen atoms in total. The van der Waals surface area contributed by atoms with Crippen LogP contribution in [0.4, 0.5) is 0 Å². The van der Waals surface area contributed by atoms with Crippen molar-refractivity contribution < 1.29 is 9.95 Å². The molecule has 78 valence electrons. The molecule has 0 amide bonds. The van der Waals surface area contributed by atoms with E-state index < -0.39 is 0 Å². The Hall–Kier alpha value is -2.18. The lowest BCUT2D eigenvalue weighted by Gasteiger charge is -1.99. The quantitative estimate of drug-likeness (QED) is 0.264. The number of hydrogen-bond donors (Lipinski definition) is 3. The molecule has 3 N–H and O–H groups in total. The molecule has 2 aromatic heterocycles. The van der Waals surface area contributed by atoms with Gasteiger partial charge in [-0.1, -0.05) is 0 Å². The van der Waals surface area contributed by atoms with E-state index >= 15 is 0 Å². The van der Waals surface area contributed by atoms with Crippen LogP contribution in [0.1, 0.15) is 0 Å². The molecule has 2 rings (SSSR count). The molecule has 15 heavy (non-hydrogen) atoms. The van der Waals surface area contributed by atoms with Gasteiger partial charge in [0.1, 0.15) is 12.1 Å². The van der Waals surface area contributed by atoms with Gasteiger partial charge in [-0.3, -0.25) is 10.6 Å². The number of nitrogens with one attached hydrogen (secondary N) is 2. The van der Waals surface area contributed by atoms with Crippen molar-refractivity contribution in [3.05, 3.63) is 18.1 Å². The lowest BCUT2D eigenvalue weighted by Crippen LogP contribution is -2.23. The van der Waals surface area contributed by atoms with Gasteiger partial charge in [-0.15, -0.1) is 0 Å². The minimum atomic E-state index is 0.288. The summed E-state index contributed by atoms with van der Waals surface area (Å²) in [5.74, 6) is 0. The summed E-state index contributed by atoms with van der Waals surface area (Å²) < 4.78 is 2.54. The summed E-state index contributed by atoms with van der Waals surface area (Å²) in [5.41, 5.74) is 1.40. The van der Waals surface area contributed by atoms with Crippen LogP contribution in [-0.2, 0) is 6.54 Å². The van der Waals surface area contributed by atoms with Crippen molar-refractivity contribution in [1.29, 1.82) is 5.41 Å². The number of rotatable bonds is 2. The molecule has 0 saturated carbocycles. The molecule has 0 bridgehead atoms. The van der Waals surface area contributed by atoms with Crippen LogP contribution in [0.25, 0.3) is 11.2 Å². The first-order valence-electron chi connectivity index (χ1n) is 4.36. The normalized spacial score (nSPS) is 12.2. The summed E-state index contributed by atoms with van der Waals surface area (Å²) in [4.78, 5) is 10.9. The van der Waals surface area contributed by atoms with Gasteiger partial charge in [0.05, 0.1) is 12.7 Å². The van der Waals surface area contributed by atoms with E-state index in [4.69, 9.17) is 10.6 Å². The maximum Gasteiger partial charge on any atom is 0.211 e. The molecular formula is C8H11N6O+. The highest BCUT2D eigenvalue weighted by molar-refractivity contribution is 5.67. The number of imidazole rings is 1. The summed E-state index contributed by atoms with van der Waals surface area (Å²) in [7, 11) is 1.51. The minimum absolute atomic E-state index is 0.288. The fourth-order valence-electron chi connectivity index (χ4n) is 1.23. The summed E-state index contributed by atoms with van der Waals surface area (Å²) in [6.07, 6.45) is 4.55. The smallest absolute Gasteiger partial charge is 0.211 e. The van der Waals surface area contributed by atoms with Gasteiger partial charge in [-0.25, -0.2) is 9.97 Å². The fourth-order valence-corrected chi connectivity index (χ4v) is 1.23. The topological polar surface area (TPSA) is 93.6 Å². The molecule has 0 radical (unpaired) electrons. The van der Waals surface area contributed by atoms with Crippen LogP contribution in [0.5, 0.6) is 0 Å². The first-order valence-corrected chi connectivity index (χ1v) is 4.36. The van der Waals surface area contributed by atoms with Gasteiger partial charge in [0.15, 0.2) is 18.2 Å². The number of aromatic amines is 1. The molecule has 2 heterocycles. The molecule has 0 aromatic carbocycles. The zero-order chi connectivity index (χ0) is 10.8. The molecule has 7 heteroatoms. The van der Waals surface area contributed by atoms with Gasteiger partial charge in [0, 0.05) is 0 Å². The van der Waals surface area contributed by atoms with Crippen molar-refractivity contribution in [2.24, 2.45) is 0 Å². The zero-order valence-electron chi connectivity index (χ0n) is 8.18. The Morgan fingerprint density at radius 2 is 2.47 bits per heavy atom. The number of hydroxylamine groups is 1. The van der Waals surface area contributed by atoms with Crippen LogP contribution in [0, 0.1) is 5.41 Å². The minimum Gasteiger partial charge on any atom is -0.340 e. The largest absolute Gasteiger partial charge is 0.340 e. The Morgan fingerprint density at radius 1 is 1.67 bits per heavy atom. The molecule has 2 aromatic rings. The van der Waals surface area contributed by atoms with Gasteiger partial charge >= 0.3 is 0 Å². The van der Waals surface area contributed by atoms with Gasteiger partial charge in [0.25, 0.3) is 0 Å². The molecule has 0 spiro atoms. The second-order valence-corrected chi connectivity index (χ2v) is 3.10. The van der Waals surface area contributed by atoms with E-state index in [0.29, 0.717) is 17.7 Å². The van der Waals surface area contributed by atoms with Crippen LogP contribution < -0.4 is 5.49 Å². The van der Waals surface area contributed by atoms with Crippen molar-refractivity contribution in [2.45, 2.75) is 6.54 Å². The molecule has 0 aliphatic carbocycles. The van der Waals surface area contributed by atoms with E-state index in [0.717, 1.165) is 4.74 Å². The van der Waals surface area contributed by atoms with E-state index in [2.05, 4.69) is 15.0 Å². The Bertz CT molecular complexity index is 562. The third-order valence-corrected chi connectivity index (χ3v) is 2.01. The molecule has 0 fully saturated rings. The number of fused-ring (bicyclic) bond motifs is 1. The average Bonchev–Trinajstić information content (AvgIpc) is 2.65. The molecule has 0 unspecified atom stereocenters. The Labute approximate surface area is 84.8 Å². The lowest BCUT2D eigenvalue weighted by atomic mass is 10.5. The highest BCUT2D eigenvalue weighted by atomic mass is 16.5. The number of hydrogen-bond acceptors (Lipinski definition) is 4. The summed E-state index contributed by atoms with van der Waals surface area (Å²) in [5, 5.41) is 16.8. The lowest BCUT2D eigenvalue weighted by molar-refractivity contribution is -0.752. The molecule has 0 atom stereocenters. The highest BCUT2D eigenvalue weighted by Crippen LogP contribution is 1.96. The average molecular weight is 207 g/mol.